The van der Waals surface area contributed by atoms with E-state index in [0.717, 1.165) is 34.4 Å². The van der Waals surface area contributed by atoms with Gasteiger partial charge in [0.2, 0.25) is 0 Å². The van der Waals surface area contributed by atoms with E-state index in [1.54, 1.807) is 12.1 Å². The summed E-state index contributed by atoms with van der Waals surface area (Å²) >= 11 is 0. The van der Waals surface area contributed by atoms with Crippen LogP contribution in [-0.2, 0) is 28.5 Å². The van der Waals surface area contributed by atoms with Gasteiger partial charge in [0.05, 0.1) is 26.4 Å². The van der Waals surface area contributed by atoms with Crippen molar-refractivity contribution in [2.45, 2.75) is 39.5 Å². The van der Waals surface area contributed by atoms with E-state index in [1.807, 2.05) is 38.1 Å². The maximum absolute atomic E-state index is 12.1. The Labute approximate surface area is 234 Å². The van der Waals surface area contributed by atoms with Crippen LogP contribution in [0.4, 0.5) is 21.0 Å². The van der Waals surface area contributed by atoms with Crippen molar-refractivity contribution in [3.8, 4) is 11.1 Å². The molecule has 40 heavy (non-hydrogen) atoms. The Bertz CT molecular complexity index is 1110. The zero-order valence-electron chi connectivity index (χ0n) is 23.0. The average Bonchev–Trinajstić information content (AvgIpc) is 2.94. The number of hydrogen-bond donors (Lipinski definition) is 2. The van der Waals surface area contributed by atoms with Crippen molar-refractivity contribution >= 4 is 35.5 Å². The second-order valence-corrected chi connectivity index (χ2v) is 8.74. The number of unbranched alkanes of at least 4 members (excludes halogenated alkanes) is 2. The molecule has 2 amide bonds. The number of benzene rings is 2. The van der Waals surface area contributed by atoms with E-state index in [0.29, 0.717) is 37.1 Å². The molecule has 0 aliphatic carbocycles. The standard InChI is InChI=1S/C30H36N2O8/c1-5-27(33)37-15-7-9-17-39-29(35)31-25-13-11-23(19-21(25)3)24-12-14-26(22(4)20-24)32-30(36)40-18-10-8-16-38-28(34)6-2/h5-6,11-14,19-20H,1-2,7-10,15-18H2,3-4H3,(H,31,35)(H,32,36). The van der Waals surface area contributed by atoms with Gasteiger partial charge < -0.3 is 18.9 Å². The van der Waals surface area contributed by atoms with Gasteiger partial charge in [0.25, 0.3) is 0 Å². The third-order valence-electron chi connectivity index (χ3n) is 5.63. The van der Waals surface area contributed by atoms with Crippen molar-refractivity contribution in [2.24, 2.45) is 0 Å². The molecule has 0 bridgehead atoms. The average molecular weight is 553 g/mol. The number of ether oxygens (including phenoxy) is 4. The molecule has 0 aliphatic heterocycles. The summed E-state index contributed by atoms with van der Waals surface area (Å²) in [4.78, 5) is 46.2. The maximum Gasteiger partial charge on any atom is 0.411 e. The number of amides is 2. The SMILES string of the molecule is C=CC(=O)OCCCCOC(=O)Nc1ccc(-c2ccc(NC(=O)OCCCCOC(=O)C=C)c(C)c2)cc1C. The van der Waals surface area contributed by atoms with Crippen LogP contribution in [-0.4, -0.2) is 50.6 Å². The van der Waals surface area contributed by atoms with Crippen molar-refractivity contribution in [3.05, 3.63) is 72.8 Å². The molecule has 0 unspecified atom stereocenters. The Balaban J connectivity index is 1.80. The molecular weight excluding hydrogens is 516 g/mol. The van der Waals surface area contributed by atoms with Crippen LogP contribution in [0.1, 0.15) is 36.8 Å². The van der Waals surface area contributed by atoms with Crippen LogP contribution in [0.15, 0.2) is 61.7 Å². The van der Waals surface area contributed by atoms with Gasteiger partial charge in [-0.3, -0.25) is 10.6 Å². The van der Waals surface area contributed by atoms with Crippen molar-refractivity contribution in [2.75, 3.05) is 37.1 Å². The van der Waals surface area contributed by atoms with Crippen LogP contribution < -0.4 is 10.6 Å². The molecule has 2 N–H and O–H groups in total. The molecule has 10 nitrogen and oxygen atoms in total. The van der Waals surface area contributed by atoms with E-state index >= 15 is 0 Å². The zero-order chi connectivity index (χ0) is 29.3. The molecule has 0 saturated carbocycles. The number of nitrogens with one attached hydrogen (secondary N) is 2. The van der Waals surface area contributed by atoms with Crippen molar-refractivity contribution in [1.82, 2.24) is 0 Å². The third-order valence-corrected chi connectivity index (χ3v) is 5.63. The van der Waals surface area contributed by atoms with E-state index in [4.69, 9.17) is 18.9 Å². The lowest BCUT2D eigenvalue weighted by atomic mass is 10.00. The van der Waals surface area contributed by atoms with Crippen molar-refractivity contribution in [3.63, 3.8) is 0 Å². The lowest BCUT2D eigenvalue weighted by Crippen LogP contribution is -2.15. The fourth-order valence-electron chi connectivity index (χ4n) is 3.46. The van der Waals surface area contributed by atoms with Gasteiger partial charge in [-0.15, -0.1) is 0 Å². The molecule has 0 heterocycles. The van der Waals surface area contributed by atoms with Crippen LogP contribution in [0.25, 0.3) is 11.1 Å². The Kier molecular flexibility index (Phi) is 13.5. The minimum absolute atomic E-state index is 0.203. The molecule has 0 atom stereocenters. The Morgan fingerprint density at radius 2 is 0.975 bits per heavy atom. The van der Waals surface area contributed by atoms with Crippen molar-refractivity contribution < 1.29 is 38.1 Å². The van der Waals surface area contributed by atoms with Gasteiger partial charge >= 0.3 is 24.1 Å². The van der Waals surface area contributed by atoms with Gasteiger partial charge in [-0.1, -0.05) is 25.3 Å². The molecule has 214 valence electrons. The number of rotatable bonds is 15. The fourth-order valence-corrected chi connectivity index (χ4v) is 3.46. The summed E-state index contributed by atoms with van der Waals surface area (Å²) in [6, 6.07) is 11.3. The first-order valence-corrected chi connectivity index (χ1v) is 12.9. The Hall–Kier alpha value is -4.60. The highest BCUT2D eigenvalue weighted by molar-refractivity contribution is 5.88. The number of hydrogen-bond acceptors (Lipinski definition) is 8. The minimum Gasteiger partial charge on any atom is -0.463 e. The highest BCUT2D eigenvalue weighted by atomic mass is 16.6. The molecule has 0 radical (unpaired) electrons. The molecule has 0 aromatic heterocycles. The predicted molar refractivity (Wildman–Crippen MR) is 152 cm³/mol. The highest BCUT2D eigenvalue weighted by Gasteiger charge is 2.10. The summed E-state index contributed by atoms with van der Waals surface area (Å²) in [5.41, 5.74) is 4.86. The summed E-state index contributed by atoms with van der Waals surface area (Å²) in [6.45, 7) is 11.3. The predicted octanol–water partition coefficient (Wildman–Crippen LogP) is 6.09. The molecule has 2 aromatic carbocycles. The first kappa shape index (κ1) is 31.6. The number of anilines is 2. The molecule has 2 aromatic rings. The van der Waals surface area contributed by atoms with Crippen LogP contribution in [0.2, 0.25) is 0 Å². The lowest BCUT2D eigenvalue weighted by molar-refractivity contribution is -0.138. The Morgan fingerprint density at radius 3 is 1.30 bits per heavy atom. The quantitative estimate of drug-likeness (QED) is 0.118. The van der Waals surface area contributed by atoms with E-state index in [9.17, 15) is 19.2 Å². The molecule has 0 spiro atoms. The molecule has 0 aliphatic rings. The minimum atomic E-state index is -0.562. The van der Waals surface area contributed by atoms with Crippen LogP contribution >= 0.6 is 0 Å². The number of aryl methyl sites for hydroxylation is 2. The molecule has 2 rings (SSSR count). The maximum atomic E-state index is 12.1. The summed E-state index contributed by atoms with van der Waals surface area (Å²) in [6.07, 6.45) is 3.35. The van der Waals surface area contributed by atoms with E-state index in [1.165, 1.54) is 0 Å². The van der Waals surface area contributed by atoms with Gasteiger partial charge in [-0.2, -0.15) is 0 Å². The molecular formula is C30H36N2O8. The Morgan fingerprint density at radius 1 is 0.625 bits per heavy atom. The molecule has 10 heteroatoms. The van der Waals surface area contributed by atoms with Crippen LogP contribution in [0, 0.1) is 13.8 Å². The van der Waals surface area contributed by atoms with Gasteiger partial charge in [0.15, 0.2) is 0 Å². The van der Waals surface area contributed by atoms with E-state index in [2.05, 4.69) is 23.8 Å². The van der Waals surface area contributed by atoms with Gasteiger partial charge in [0, 0.05) is 23.5 Å². The van der Waals surface area contributed by atoms with E-state index < -0.39 is 24.1 Å². The monoisotopic (exact) mass is 552 g/mol. The highest BCUT2D eigenvalue weighted by Crippen LogP contribution is 2.28. The van der Waals surface area contributed by atoms with Gasteiger partial charge in [-0.25, -0.2) is 19.2 Å². The van der Waals surface area contributed by atoms with E-state index in [-0.39, 0.29) is 26.4 Å². The van der Waals surface area contributed by atoms with Gasteiger partial charge in [0.1, 0.15) is 0 Å². The first-order chi connectivity index (χ1) is 19.2. The summed E-state index contributed by atoms with van der Waals surface area (Å²) in [7, 11) is 0. The first-order valence-electron chi connectivity index (χ1n) is 12.9. The third kappa shape index (κ3) is 11.4. The van der Waals surface area contributed by atoms with Crippen LogP contribution in [0.3, 0.4) is 0 Å². The fraction of sp³-hybridized carbons (Fsp3) is 0.333. The topological polar surface area (TPSA) is 129 Å². The second kappa shape index (κ2) is 17.1. The smallest absolute Gasteiger partial charge is 0.411 e. The van der Waals surface area contributed by atoms with Gasteiger partial charge in [-0.05, 0) is 86.1 Å². The normalized spacial score (nSPS) is 10.2. The molecule has 0 fully saturated rings. The van der Waals surface area contributed by atoms with Crippen molar-refractivity contribution in [1.29, 1.82) is 0 Å². The number of esters is 2. The number of carbonyl (C=O) groups is 4. The molecule has 0 saturated heterocycles. The summed E-state index contributed by atoms with van der Waals surface area (Å²) in [5.74, 6) is -0.953. The summed E-state index contributed by atoms with van der Waals surface area (Å²) in [5, 5.41) is 5.48. The second-order valence-electron chi connectivity index (χ2n) is 8.74. The summed E-state index contributed by atoms with van der Waals surface area (Å²) < 4.78 is 20.1. The largest absolute Gasteiger partial charge is 0.463 e. The number of carbonyl (C=O) groups excluding carboxylic acids is 4. The lowest BCUT2D eigenvalue weighted by Gasteiger charge is -2.13. The van der Waals surface area contributed by atoms with Crippen LogP contribution in [0.5, 0.6) is 0 Å². The zero-order valence-corrected chi connectivity index (χ0v) is 23.0.